The van der Waals surface area contributed by atoms with Gasteiger partial charge < -0.3 is 5.32 Å². The molecule has 0 spiro atoms. The first-order valence-electron chi connectivity index (χ1n) is 7.28. The van der Waals surface area contributed by atoms with E-state index in [0.29, 0.717) is 5.56 Å². The molecule has 2 heterocycles. The predicted octanol–water partition coefficient (Wildman–Crippen LogP) is 4.27. The Labute approximate surface area is 124 Å². The smallest absolute Gasteiger partial charge is 0.256 e. The number of benzene rings is 1. The lowest BCUT2D eigenvalue weighted by molar-refractivity contribution is 0.102. The van der Waals surface area contributed by atoms with E-state index in [1.54, 1.807) is 6.20 Å². The van der Waals surface area contributed by atoms with Crippen LogP contribution in [0.5, 0.6) is 0 Å². The molecule has 3 heteroatoms. The second-order valence-electron chi connectivity index (χ2n) is 5.30. The summed E-state index contributed by atoms with van der Waals surface area (Å²) in [7, 11) is 0. The van der Waals surface area contributed by atoms with Crippen molar-refractivity contribution < 1.29 is 4.79 Å². The van der Waals surface area contributed by atoms with Gasteiger partial charge in [0.1, 0.15) is 0 Å². The lowest BCUT2D eigenvalue weighted by Crippen LogP contribution is -2.11. The van der Waals surface area contributed by atoms with Crippen LogP contribution in [0.1, 0.15) is 48.3 Å². The van der Waals surface area contributed by atoms with E-state index in [-0.39, 0.29) is 5.91 Å². The third-order valence-electron chi connectivity index (χ3n) is 3.79. The van der Waals surface area contributed by atoms with Crippen molar-refractivity contribution in [3.05, 3.63) is 65.0 Å². The predicted molar refractivity (Wildman–Crippen MR) is 85.2 cm³/mol. The topological polar surface area (TPSA) is 42.0 Å². The highest BCUT2D eigenvalue weighted by molar-refractivity contribution is 6.12. The molecule has 21 heavy (non-hydrogen) atoms. The van der Waals surface area contributed by atoms with E-state index in [9.17, 15) is 4.79 Å². The number of aromatic nitrogens is 1. The Bertz CT molecular complexity index is 732. The molecular weight excluding hydrogens is 260 g/mol. The normalized spacial score (nSPS) is 15.6. The number of fused-ring (bicyclic) bond motifs is 2. The zero-order chi connectivity index (χ0) is 14.8. The SMILES string of the molecule is CCC/C(C)=C1\c2ccccc2C(=O)Nc2cccnc21. The lowest BCUT2D eigenvalue weighted by atomic mass is 9.92. The van der Waals surface area contributed by atoms with Crippen molar-refractivity contribution in [3.8, 4) is 0 Å². The monoisotopic (exact) mass is 278 g/mol. The minimum atomic E-state index is -0.0702. The van der Waals surface area contributed by atoms with Crippen LogP contribution < -0.4 is 5.32 Å². The zero-order valence-electron chi connectivity index (χ0n) is 12.3. The van der Waals surface area contributed by atoms with Gasteiger partial charge in [0.05, 0.1) is 11.4 Å². The molecule has 0 aliphatic carbocycles. The molecule has 1 aromatic heterocycles. The van der Waals surface area contributed by atoms with Crippen LogP contribution in [0.25, 0.3) is 5.57 Å². The molecule has 0 radical (unpaired) electrons. The fourth-order valence-electron chi connectivity index (χ4n) is 2.85. The van der Waals surface area contributed by atoms with Gasteiger partial charge in [0, 0.05) is 17.3 Å². The molecule has 0 fully saturated rings. The Kier molecular flexibility index (Phi) is 3.57. The highest BCUT2D eigenvalue weighted by atomic mass is 16.1. The van der Waals surface area contributed by atoms with Crippen LogP contribution in [0.3, 0.4) is 0 Å². The maximum atomic E-state index is 12.4. The van der Waals surface area contributed by atoms with Crippen molar-refractivity contribution in [2.75, 3.05) is 5.32 Å². The summed E-state index contributed by atoms with van der Waals surface area (Å²) in [5.74, 6) is -0.0702. The maximum Gasteiger partial charge on any atom is 0.256 e. The van der Waals surface area contributed by atoms with Gasteiger partial charge in [0.2, 0.25) is 0 Å². The van der Waals surface area contributed by atoms with Crippen molar-refractivity contribution >= 4 is 17.2 Å². The molecule has 106 valence electrons. The molecule has 0 saturated heterocycles. The van der Waals surface area contributed by atoms with Gasteiger partial charge in [0.25, 0.3) is 5.91 Å². The number of rotatable bonds is 2. The molecule has 0 atom stereocenters. The summed E-state index contributed by atoms with van der Waals surface area (Å²) in [5, 5.41) is 2.97. The van der Waals surface area contributed by atoms with Crippen molar-refractivity contribution in [2.45, 2.75) is 26.7 Å². The van der Waals surface area contributed by atoms with Crippen LogP contribution in [-0.2, 0) is 0 Å². The molecule has 0 unspecified atom stereocenters. The largest absolute Gasteiger partial charge is 0.320 e. The fourth-order valence-corrected chi connectivity index (χ4v) is 2.85. The van der Waals surface area contributed by atoms with Gasteiger partial charge in [0.15, 0.2) is 0 Å². The van der Waals surface area contributed by atoms with E-state index in [4.69, 9.17) is 0 Å². The number of pyridine rings is 1. The molecule has 0 bridgehead atoms. The molecule has 1 aromatic carbocycles. The average Bonchev–Trinajstić information content (AvgIpc) is 2.62. The van der Waals surface area contributed by atoms with E-state index in [1.807, 2.05) is 36.4 Å². The number of carbonyl (C=O) groups is 1. The Morgan fingerprint density at radius 2 is 1.90 bits per heavy atom. The van der Waals surface area contributed by atoms with Gasteiger partial charge in [-0.05, 0) is 37.1 Å². The van der Waals surface area contributed by atoms with Crippen molar-refractivity contribution in [2.24, 2.45) is 0 Å². The van der Waals surface area contributed by atoms with Gasteiger partial charge in [-0.1, -0.05) is 37.1 Å². The summed E-state index contributed by atoms with van der Waals surface area (Å²) in [5.41, 5.74) is 5.67. The van der Waals surface area contributed by atoms with E-state index in [2.05, 4.69) is 24.1 Å². The quantitative estimate of drug-likeness (QED) is 0.891. The molecule has 0 saturated carbocycles. The molecule has 3 rings (SSSR count). The van der Waals surface area contributed by atoms with Crippen molar-refractivity contribution in [3.63, 3.8) is 0 Å². The zero-order valence-corrected chi connectivity index (χ0v) is 12.3. The molecular formula is C18H18N2O. The minimum Gasteiger partial charge on any atom is -0.320 e. The van der Waals surface area contributed by atoms with Gasteiger partial charge in [-0.25, -0.2) is 0 Å². The lowest BCUT2D eigenvalue weighted by Gasteiger charge is -2.13. The number of hydrogen-bond donors (Lipinski definition) is 1. The van der Waals surface area contributed by atoms with E-state index >= 15 is 0 Å². The summed E-state index contributed by atoms with van der Waals surface area (Å²) < 4.78 is 0. The third kappa shape index (κ3) is 2.35. The number of hydrogen-bond acceptors (Lipinski definition) is 2. The van der Waals surface area contributed by atoms with Gasteiger partial charge in [-0.3, -0.25) is 9.78 Å². The second kappa shape index (κ2) is 5.52. The highest BCUT2D eigenvalue weighted by Gasteiger charge is 2.24. The Morgan fingerprint density at radius 3 is 2.67 bits per heavy atom. The number of anilines is 1. The maximum absolute atomic E-state index is 12.4. The van der Waals surface area contributed by atoms with Crippen molar-refractivity contribution in [1.29, 1.82) is 0 Å². The second-order valence-corrected chi connectivity index (χ2v) is 5.30. The Morgan fingerprint density at radius 1 is 1.14 bits per heavy atom. The number of carbonyl (C=O) groups excluding carboxylic acids is 1. The molecule has 1 amide bonds. The molecule has 1 aliphatic heterocycles. The molecule has 3 nitrogen and oxygen atoms in total. The van der Waals surface area contributed by atoms with Crippen LogP contribution in [0.2, 0.25) is 0 Å². The summed E-state index contributed by atoms with van der Waals surface area (Å²) in [6.07, 6.45) is 3.84. The first-order chi connectivity index (χ1) is 10.2. The summed E-state index contributed by atoms with van der Waals surface area (Å²) in [6.45, 7) is 4.29. The first kappa shape index (κ1) is 13.6. The number of nitrogens with zero attached hydrogens (tertiary/aromatic N) is 1. The van der Waals surface area contributed by atoms with Crippen LogP contribution in [0, 0.1) is 0 Å². The van der Waals surface area contributed by atoms with Crippen molar-refractivity contribution in [1.82, 2.24) is 4.98 Å². The van der Waals surface area contributed by atoms with E-state index in [1.165, 1.54) is 5.57 Å². The van der Waals surface area contributed by atoms with Crippen LogP contribution in [0.4, 0.5) is 5.69 Å². The highest BCUT2D eigenvalue weighted by Crippen LogP contribution is 2.36. The number of allylic oxidation sites excluding steroid dienone is 1. The minimum absolute atomic E-state index is 0.0702. The standard InChI is InChI=1S/C18H18N2O/c1-3-7-12(2)16-13-8-4-5-9-14(13)18(21)20-15-10-6-11-19-17(15)16/h4-6,8-11H,3,7H2,1-2H3,(H,20,21)/b16-12+. The molecule has 2 aromatic rings. The third-order valence-corrected chi connectivity index (χ3v) is 3.79. The van der Waals surface area contributed by atoms with E-state index < -0.39 is 0 Å². The van der Waals surface area contributed by atoms with Crippen LogP contribution >= 0.6 is 0 Å². The Hall–Kier alpha value is -2.42. The average molecular weight is 278 g/mol. The van der Waals surface area contributed by atoms with Gasteiger partial charge in [-0.15, -0.1) is 0 Å². The summed E-state index contributed by atoms with van der Waals surface area (Å²) in [6, 6.07) is 11.5. The number of nitrogens with one attached hydrogen (secondary N) is 1. The van der Waals surface area contributed by atoms with Crippen LogP contribution in [-0.4, -0.2) is 10.9 Å². The molecule has 1 aliphatic rings. The van der Waals surface area contributed by atoms with Gasteiger partial charge >= 0.3 is 0 Å². The summed E-state index contributed by atoms with van der Waals surface area (Å²) >= 11 is 0. The van der Waals surface area contributed by atoms with E-state index in [0.717, 1.165) is 35.4 Å². The summed E-state index contributed by atoms with van der Waals surface area (Å²) in [4.78, 5) is 17.0. The van der Waals surface area contributed by atoms with Crippen LogP contribution in [0.15, 0.2) is 48.2 Å². The Balaban J connectivity index is 2.34. The molecule has 1 N–H and O–H groups in total. The van der Waals surface area contributed by atoms with Gasteiger partial charge in [-0.2, -0.15) is 0 Å². The first-order valence-corrected chi connectivity index (χ1v) is 7.28. The fraction of sp³-hybridized carbons (Fsp3) is 0.222. The number of amides is 1.